The van der Waals surface area contributed by atoms with E-state index in [1.807, 2.05) is 51.1 Å². The fraction of sp³-hybridized carbons (Fsp3) is 0.375. The third-order valence-electron chi connectivity index (χ3n) is 2.92. The molecule has 2 rings (SSSR count). The van der Waals surface area contributed by atoms with Crippen LogP contribution in [0.1, 0.15) is 32.4 Å². The first-order valence-electron chi connectivity index (χ1n) is 6.54. The molecule has 0 saturated heterocycles. The second-order valence-corrected chi connectivity index (χ2v) is 5.66. The minimum absolute atomic E-state index is 0.0871. The number of ether oxygens (including phenoxy) is 1. The lowest BCUT2D eigenvalue weighted by atomic mass is 9.97. The van der Waals surface area contributed by atoms with Gasteiger partial charge in [0.1, 0.15) is 17.9 Å². The summed E-state index contributed by atoms with van der Waals surface area (Å²) in [6.45, 7) is 6.07. The van der Waals surface area contributed by atoms with E-state index in [1.165, 1.54) is 7.11 Å². The number of hydrogen-bond acceptors (Lipinski definition) is 4. The summed E-state index contributed by atoms with van der Waals surface area (Å²) in [4.78, 5) is 16.1. The van der Waals surface area contributed by atoms with E-state index in [9.17, 15) is 4.79 Å². The maximum absolute atomic E-state index is 11.5. The molecule has 1 aromatic heterocycles. The second kappa shape index (κ2) is 5.49. The van der Waals surface area contributed by atoms with Crippen LogP contribution in [0.15, 0.2) is 34.7 Å². The van der Waals surface area contributed by atoms with Crippen LogP contribution in [0.3, 0.4) is 0 Å². The van der Waals surface area contributed by atoms with Gasteiger partial charge in [0, 0.05) is 11.0 Å². The smallest absolute Gasteiger partial charge is 0.313 e. The highest BCUT2D eigenvalue weighted by Gasteiger charge is 2.25. The van der Waals surface area contributed by atoms with E-state index in [4.69, 9.17) is 9.15 Å². The Morgan fingerprint density at radius 1 is 1.25 bits per heavy atom. The molecular weight excluding hydrogens is 254 g/mol. The van der Waals surface area contributed by atoms with Gasteiger partial charge >= 0.3 is 5.97 Å². The molecule has 0 radical (unpaired) electrons. The number of hydrogen-bond donors (Lipinski definition) is 0. The van der Waals surface area contributed by atoms with Crippen LogP contribution in [0.2, 0.25) is 0 Å². The summed E-state index contributed by atoms with van der Waals surface area (Å²) in [6.07, 6.45) is 0.0871. The second-order valence-electron chi connectivity index (χ2n) is 5.66. The van der Waals surface area contributed by atoms with Crippen LogP contribution in [0.25, 0.3) is 11.3 Å². The fourth-order valence-electron chi connectivity index (χ4n) is 1.82. The van der Waals surface area contributed by atoms with Crippen molar-refractivity contribution < 1.29 is 13.9 Å². The van der Waals surface area contributed by atoms with Crippen LogP contribution in [0, 0.1) is 0 Å². The SMILES string of the molecule is COC(=O)Cc1oc(C(C)(C)C)nc1-c1ccccc1. The highest BCUT2D eigenvalue weighted by molar-refractivity contribution is 5.75. The Bertz CT molecular complexity index is 594. The number of oxazole rings is 1. The van der Waals surface area contributed by atoms with Gasteiger partial charge in [-0.15, -0.1) is 0 Å². The number of carbonyl (C=O) groups is 1. The standard InChI is InChI=1S/C16H19NO3/c1-16(2,3)15-17-14(11-8-6-5-7-9-11)12(20-15)10-13(18)19-4/h5-9H,10H2,1-4H3. The monoisotopic (exact) mass is 273 g/mol. The Morgan fingerprint density at radius 2 is 1.90 bits per heavy atom. The average molecular weight is 273 g/mol. The zero-order chi connectivity index (χ0) is 14.8. The van der Waals surface area contributed by atoms with Gasteiger partial charge in [0.25, 0.3) is 0 Å². The average Bonchev–Trinajstić information content (AvgIpc) is 2.83. The number of methoxy groups -OCH3 is 1. The molecule has 0 unspecified atom stereocenters. The van der Waals surface area contributed by atoms with E-state index in [2.05, 4.69) is 4.98 Å². The molecule has 0 N–H and O–H groups in total. The third kappa shape index (κ3) is 3.07. The van der Waals surface area contributed by atoms with Crippen molar-refractivity contribution >= 4 is 5.97 Å². The summed E-state index contributed by atoms with van der Waals surface area (Å²) in [7, 11) is 1.37. The zero-order valence-corrected chi connectivity index (χ0v) is 12.3. The molecule has 0 atom stereocenters. The Hall–Kier alpha value is -2.10. The minimum Gasteiger partial charge on any atom is -0.469 e. The molecule has 0 aliphatic carbocycles. The van der Waals surface area contributed by atoms with Gasteiger partial charge < -0.3 is 9.15 Å². The highest BCUT2D eigenvalue weighted by atomic mass is 16.5. The van der Waals surface area contributed by atoms with Crippen LogP contribution in [0.5, 0.6) is 0 Å². The molecule has 0 saturated carbocycles. The summed E-state index contributed by atoms with van der Waals surface area (Å²) in [5, 5.41) is 0. The highest BCUT2D eigenvalue weighted by Crippen LogP contribution is 2.30. The van der Waals surface area contributed by atoms with E-state index in [0.29, 0.717) is 17.3 Å². The van der Waals surface area contributed by atoms with Gasteiger partial charge in [0.2, 0.25) is 0 Å². The van der Waals surface area contributed by atoms with Crippen molar-refractivity contribution in [2.75, 3.05) is 7.11 Å². The summed E-state index contributed by atoms with van der Waals surface area (Å²) in [5.74, 6) is 0.835. The molecule has 1 heterocycles. The molecule has 20 heavy (non-hydrogen) atoms. The largest absolute Gasteiger partial charge is 0.469 e. The van der Waals surface area contributed by atoms with Crippen molar-refractivity contribution in [2.24, 2.45) is 0 Å². The lowest BCUT2D eigenvalue weighted by Gasteiger charge is -2.12. The molecule has 0 bridgehead atoms. The van der Waals surface area contributed by atoms with Crippen molar-refractivity contribution in [3.63, 3.8) is 0 Å². The number of benzene rings is 1. The van der Waals surface area contributed by atoms with Crippen molar-refractivity contribution in [3.05, 3.63) is 42.0 Å². The maximum Gasteiger partial charge on any atom is 0.313 e. The molecule has 2 aromatic rings. The van der Waals surface area contributed by atoms with E-state index >= 15 is 0 Å². The van der Waals surface area contributed by atoms with Crippen LogP contribution >= 0.6 is 0 Å². The molecule has 0 fully saturated rings. The van der Waals surface area contributed by atoms with Crippen molar-refractivity contribution in [1.82, 2.24) is 4.98 Å². The first-order valence-corrected chi connectivity index (χ1v) is 6.54. The van der Waals surface area contributed by atoms with Crippen LogP contribution < -0.4 is 0 Å². The molecule has 106 valence electrons. The van der Waals surface area contributed by atoms with Gasteiger partial charge in [-0.1, -0.05) is 51.1 Å². The first kappa shape index (κ1) is 14.3. The number of esters is 1. The van der Waals surface area contributed by atoms with Crippen molar-refractivity contribution in [3.8, 4) is 11.3 Å². The number of nitrogens with zero attached hydrogens (tertiary/aromatic N) is 1. The maximum atomic E-state index is 11.5. The molecule has 0 aliphatic rings. The predicted molar refractivity (Wildman–Crippen MR) is 76.4 cm³/mol. The molecule has 4 nitrogen and oxygen atoms in total. The van der Waals surface area contributed by atoms with Gasteiger partial charge in [0.05, 0.1) is 7.11 Å². The molecule has 0 aliphatic heterocycles. The fourth-order valence-corrected chi connectivity index (χ4v) is 1.82. The van der Waals surface area contributed by atoms with Gasteiger partial charge in [-0.2, -0.15) is 0 Å². The molecule has 0 spiro atoms. The quantitative estimate of drug-likeness (QED) is 0.805. The first-order chi connectivity index (χ1) is 9.41. The lowest BCUT2D eigenvalue weighted by molar-refractivity contribution is -0.140. The minimum atomic E-state index is -0.334. The number of carbonyl (C=O) groups excluding carboxylic acids is 1. The van der Waals surface area contributed by atoms with Gasteiger partial charge in [-0.25, -0.2) is 4.98 Å². The summed E-state index contributed by atoms with van der Waals surface area (Å²) in [5.41, 5.74) is 1.43. The molecule has 4 heteroatoms. The molecular formula is C16H19NO3. The Morgan fingerprint density at radius 3 is 2.45 bits per heavy atom. The third-order valence-corrected chi connectivity index (χ3v) is 2.92. The van der Waals surface area contributed by atoms with Crippen LogP contribution in [0.4, 0.5) is 0 Å². The van der Waals surface area contributed by atoms with Gasteiger partial charge in [0.15, 0.2) is 5.89 Å². The Kier molecular flexibility index (Phi) is 3.93. The summed E-state index contributed by atoms with van der Waals surface area (Å²) >= 11 is 0. The van der Waals surface area contributed by atoms with E-state index in [1.54, 1.807) is 0 Å². The van der Waals surface area contributed by atoms with Gasteiger partial charge in [-0.3, -0.25) is 4.79 Å². The normalized spacial score (nSPS) is 11.4. The van der Waals surface area contributed by atoms with Crippen molar-refractivity contribution in [2.45, 2.75) is 32.6 Å². The van der Waals surface area contributed by atoms with E-state index in [0.717, 1.165) is 5.56 Å². The molecule has 1 aromatic carbocycles. The summed E-state index contributed by atoms with van der Waals surface area (Å²) < 4.78 is 10.5. The lowest BCUT2D eigenvalue weighted by Crippen LogP contribution is -2.11. The summed E-state index contributed by atoms with van der Waals surface area (Å²) in [6, 6.07) is 9.70. The van der Waals surface area contributed by atoms with Crippen LogP contribution in [-0.4, -0.2) is 18.1 Å². The van der Waals surface area contributed by atoms with Crippen LogP contribution in [-0.2, 0) is 21.4 Å². The Labute approximate surface area is 118 Å². The molecule has 0 amide bonds. The Balaban J connectivity index is 2.48. The van der Waals surface area contributed by atoms with E-state index in [-0.39, 0.29) is 17.8 Å². The number of aromatic nitrogens is 1. The van der Waals surface area contributed by atoms with E-state index < -0.39 is 0 Å². The predicted octanol–water partition coefficient (Wildman–Crippen LogP) is 3.35. The van der Waals surface area contributed by atoms with Gasteiger partial charge in [-0.05, 0) is 0 Å². The zero-order valence-electron chi connectivity index (χ0n) is 12.3. The number of rotatable bonds is 3. The topological polar surface area (TPSA) is 52.3 Å². The van der Waals surface area contributed by atoms with Crippen molar-refractivity contribution in [1.29, 1.82) is 0 Å².